The second-order valence-corrected chi connectivity index (χ2v) is 7.49. The van der Waals surface area contributed by atoms with Gasteiger partial charge in [0.25, 0.3) is 0 Å². The van der Waals surface area contributed by atoms with E-state index in [0.29, 0.717) is 30.9 Å². The number of nitrogens with one attached hydrogen (secondary N) is 1. The number of hydrogen-bond acceptors (Lipinski definition) is 6. The molecule has 1 N–H and O–H groups in total. The molecule has 29 heavy (non-hydrogen) atoms. The van der Waals surface area contributed by atoms with Gasteiger partial charge in [-0.3, -0.25) is 9.59 Å². The smallest absolute Gasteiger partial charge is 0.249 e. The van der Waals surface area contributed by atoms with Gasteiger partial charge in [0.2, 0.25) is 5.91 Å². The molecule has 0 radical (unpaired) electrons. The number of ketones is 1. The molecule has 1 unspecified atom stereocenters. The first kappa shape index (κ1) is 20.5. The van der Waals surface area contributed by atoms with Crippen molar-refractivity contribution in [3.8, 4) is 11.8 Å². The predicted octanol–water partition coefficient (Wildman–Crippen LogP) is 4.37. The summed E-state index contributed by atoms with van der Waals surface area (Å²) in [6.45, 7) is 2.28. The van der Waals surface area contributed by atoms with E-state index in [-0.39, 0.29) is 12.2 Å². The first-order valence-corrected chi connectivity index (χ1v) is 10.2. The molecule has 0 spiro atoms. The largest absolute Gasteiger partial charge is 0.492 e. The predicted molar refractivity (Wildman–Crippen MR) is 113 cm³/mol. The van der Waals surface area contributed by atoms with Gasteiger partial charge < -0.3 is 10.1 Å². The molecule has 0 aliphatic carbocycles. The molecule has 7 heteroatoms. The van der Waals surface area contributed by atoms with E-state index in [9.17, 15) is 14.9 Å². The first-order valence-electron chi connectivity index (χ1n) is 9.42. The van der Waals surface area contributed by atoms with Crippen molar-refractivity contribution in [2.75, 3.05) is 11.9 Å². The Morgan fingerprint density at radius 1 is 1.21 bits per heavy atom. The minimum atomic E-state index is -1.35. The lowest BCUT2D eigenvalue weighted by atomic mass is 10.00. The van der Waals surface area contributed by atoms with Crippen LogP contribution in [0.25, 0.3) is 10.2 Å². The summed E-state index contributed by atoms with van der Waals surface area (Å²) in [5.74, 6) is -1.87. The van der Waals surface area contributed by atoms with Crippen LogP contribution in [0, 0.1) is 17.2 Å². The summed E-state index contributed by atoms with van der Waals surface area (Å²) in [5.41, 5.74) is 1.39. The highest BCUT2D eigenvalue weighted by Gasteiger charge is 2.26. The third-order valence-electron chi connectivity index (χ3n) is 4.31. The number of hydrogen-bond donors (Lipinski definition) is 1. The van der Waals surface area contributed by atoms with Crippen LogP contribution in [0.5, 0.6) is 5.75 Å². The number of rotatable bonds is 9. The molecule has 0 aliphatic rings. The Kier molecular flexibility index (Phi) is 6.93. The number of aromatic nitrogens is 1. The van der Waals surface area contributed by atoms with Crippen molar-refractivity contribution in [1.82, 2.24) is 4.98 Å². The maximum Gasteiger partial charge on any atom is 0.249 e. The third-order valence-corrected chi connectivity index (χ3v) is 5.41. The van der Waals surface area contributed by atoms with Crippen molar-refractivity contribution in [3.05, 3.63) is 53.5 Å². The summed E-state index contributed by atoms with van der Waals surface area (Å²) in [5, 5.41) is 12.9. The lowest BCUT2D eigenvalue weighted by Crippen LogP contribution is -2.28. The molecule has 6 nitrogen and oxygen atoms in total. The van der Waals surface area contributed by atoms with Crippen molar-refractivity contribution >= 4 is 38.9 Å². The number of carbonyl (C=O) groups excluding carboxylic acids is 2. The number of carbonyl (C=O) groups is 2. The van der Waals surface area contributed by atoms with Gasteiger partial charge in [0, 0.05) is 6.42 Å². The highest BCUT2D eigenvalue weighted by molar-refractivity contribution is 7.18. The monoisotopic (exact) mass is 407 g/mol. The first-order chi connectivity index (χ1) is 14.1. The zero-order valence-corrected chi connectivity index (χ0v) is 16.9. The van der Waals surface area contributed by atoms with Crippen LogP contribution >= 0.6 is 11.3 Å². The molecule has 0 fully saturated rings. The molecular formula is C22H21N3O3S. The SMILES string of the molecule is CCOc1ccccc1NC(=O)C(C#N)C(=O)CCCc1nc2ccccc2s1. The second kappa shape index (κ2) is 9.80. The van der Waals surface area contributed by atoms with Gasteiger partial charge in [-0.15, -0.1) is 11.3 Å². The third kappa shape index (κ3) is 5.18. The zero-order chi connectivity index (χ0) is 20.6. The Bertz CT molecular complexity index is 1020. The van der Waals surface area contributed by atoms with E-state index < -0.39 is 11.8 Å². The van der Waals surface area contributed by atoms with E-state index in [1.54, 1.807) is 35.6 Å². The van der Waals surface area contributed by atoms with E-state index in [1.165, 1.54) is 0 Å². The fraction of sp³-hybridized carbons (Fsp3) is 0.273. The van der Waals surface area contributed by atoms with Crippen molar-refractivity contribution in [2.45, 2.75) is 26.2 Å². The van der Waals surface area contributed by atoms with Crippen LogP contribution in [0.3, 0.4) is 0 Å². The van der Waals surface area contributed by atoms with E-state index in [0.717, 1.165) is 15.2 Å². The molecule has 1 amide bonds. The van der Waals surface area contributed by atoms with E-state index in [2.05, 4.69) is 10.3 Å². The standard InChI is InChI=1S/C22H21N3O3S/c1-2-28-19-11-5-3-8-16(19)25-22(27)15(14-23)18(26)10-7-13-21-24-17-9-4-6-12-20(17)29-21/h3-6,8-9,11-12,15H,2,7,10,13H2,1H3,(H,25,27). The summed E-state index contributed by atoms with van der Waals surface area (Å²) in [4.78, 5) is 29.5. The van der Waals surface area contributed by atoms with E-state index in [4.69, 9.17) is 4.74 Å². The van der Waals surface area contributed by atoms with Crippen LogP contribution in [-0.4, -0.2) is 23.3 Å². The average Bonchev–Trinajstić information content (AvgIpc) is 3.13. The van der Waals surface area contributed by atoms with Crippen molar-refractivity contribution in [2.24, 2.45) is 5.92 Å². The number of para-hydroxylation sites is 3. The highest BCUT2D eigenvalue weighted by atomic mass is 32.1. The average molecular weight is 407 g/mol. The van der Waals surface area contributed by atoms with Gasteiger partial charge in [0.15, 0.2) is 11.7 Å². The number of nitrogens with zero attached hydrogens (tertiary/aromatic N) is 2. The molecule has 0 saturated heterocycles. The van der Waals surface area contributed by atoms with Gasteiger partial charge in [0.05, 0.1) is 33.6 Å². The maximum atomic E-state index is 12.5. The van der Waals surface area contributed by atoms with Gasteiger partial charge in [-0.25, -0.2) is 4.98 Å². The van der Waals surface area contributed by atoms with Crippen LogP contribution in [-0.2, 0) is 16.0 Å². The van der Waals surface area contributed by atoms with Crippen molar-refractivity contribution in [3.63, 3.8) is 0 Å². The number of fused-ring (bicyclic) bond motifs is 1. The fourth-order valence-electron chi connectivity index (χ4n) is 2.92. The summed E-state index contributed by atoms with van der Waals surface area (Å²) in [7, 11) is 0. The van der Waals surface area contributed by atoms with Crippen LogP contribution in [0.1, 0.15) is 24.8 Å². The lowest BCUT2D eigenvalue weighted by molar-refractivity contribution is -0.128. The maximum absolute atomic E-state index is 12.5. The second-order valence-electron chi connectivity index (χ2n) is 6.38. The van der Waals surface area contributed by atoms with Gasteiger partial charge in [-0.05, 0) is 44.0 Å². The van der Waals surface area contributed by atoms with Crippen molar-refractivity contribution < 1.29 is 14.3 Å². The normalized spacial score (nSPS) is 11.6. The molecule has 0 aliphatic heterocycles. The number of anilines is 1. The number of benzene rings is 2. The molecule has 1 heterocycles. The minimum Gasteiger partial charge on any atom is -0.492 e. The molecule has 3 rings (SSSR count). The number of nitriles is 1. The van der Waals surface area contributed by atoms with Crippen LogP contribution in [0.4, 0.5) is 5.69 Å². The number of thiazole rings is 1. The van der Waals surface area contributed by atoms with Crippen LogP contribution in [0.15, 0.2) is 48.5 Å². The molecule has 2 aromatic carbocycles. The lowest BCUT2D eigenvalue weighted by Gasteiger charge is -2.13. The van der Waals surface area contributed by atoms with Gasteiger partial charge in [-0.2, -0.15) is 5.26 Å². The number of ether oxygens (including phenoxy) is 1. The summed E-state index contributed by atoms with van der Waals surface area (Å²) >= 11 is 1.60. The van der Waals surface area contributed by atoms with E-state index >= 15 is 0 Å². The van der Waals surface area contributed by atoms with Gasteiger partial charge in [-0.1, -0.05) is 24.3 Å². The molecule has 0 saturated carbocycles. The van der Waals surface area contributed by atoms with Gasteiger partial charge in [0.1, 0.15) is 5.75 Å². The Hall–Kier alpha value is -3.24. The zero-order valence-electron chi connectivity index (χ0n) is 16.1. The summed E-state index contributed by atoms with van der Waals surface area (Å²) in [6.07, 6.45) is 1.33. The number of aryl methyl sites for hydroxylation is 1. The highest BCUT2D eigenvalue weighted by Crippen LogP contribution is 2.25. The molecule has 3 aromatic rings. The number of Topliss-reactive ketones (excluding diaryl/α,β-unsaturated/α-hetero) is 1. The topological polar surface area (TPSA) is 92.1 Å². The molecule has 148 valence electrons. The Morgan fingerprint density at radius 2 is 1.97 bits per heavy atom. The Labute approximate surface area is 173 Å². The Balaban J connectivity index is 1.57. The van der Waals surface area contributed by atoms with Crippen LogP contribution < -0.4 is 10.1 Å². The molecule has 0 bridgehead atoms. The van der Waals surface area contributed by atoms with Crippen LogP contribution in [0.2, 0.25) is 0 Å². The quantitative estimate of drug-likeness (QED) is 0.532. The summed E-state index contributed by atoms with van der Waals surface area (Å²) < 4.78 is 6.57. The number of amides is 1. The summed E-state index contributed by atoms with van der Waals surface area (Å²) in [6, 6.07) is 16.6. The van der Waals surface area contributed by atoms with Crippen molar-refractivity contribution in [1.29, 1.82) is 5.26 Å². The van der Waals surface area contributed by atoms with E-state index in [1.807, 2.05) is 37.3 Å². The fourth-order valence-corrected chi connectivity index (χ4v) is 3.93. The molecular weight excluding hydrogens is 386 g/mol. The molecule has 1 atom stereocenters. The minimum absolute atomic E-state index is 0.147. The Morgan fingerprint density at radius 3 is 2.72 bits per heavy atom. The molecule has 1 aromatic heterocycles. The van der Waals surface area contributed by atoms with Gasteiger partial charge >= 0.3 is 0 Å².